The van der Waals surface area contributed by atoms with E-state index in [0.717, 1.165) is 4.68 Å². The van der Waals surface area contributed by atoms with Crippen LogP contribution in [0.3, 0.4) is 0 Å². The smallest absolute Gasteiger partial charge is 0.282 e. The second-order valence-electron chi connectivity index (χ2n) is 9.59. The number of benzene rings is 4. The van der Waals surface area contributed by atoms with Crippen molar-refractivity contribution in [3.8, 4) is 23.1 Å². The van der Waals surface area contributed by atoms with Gasteiger partial charge in [0.15, 0.2) is 12.4 Å². The molecule has 1 N–H and O–H groups in total. The van der Waals surface area contributed by atoms with Crippen molar-refractivity contribution in [2.75, 3.05) is 19.0 Å². The molecule has 0 aliphatic heterocycles. The molecular formula is C32H22FN5O7. The van der Waals surface area contributed by atoms with Gasteiger partial charge in [0.25, 0.3) is 17.2 Å². The zero-order chi connectivity index (χ0) is 31.5. The summed E-state index contributed by atoms with van der Waals surface area (Å²) in [5, 5.41) is 19.2. The number of halogens is 1. The number of fused-ring (bicyclic) bond motifs is 2. The number of rotatable bonds is 9. The van der Waals surface area contributed by atoms with Crippen LogP contribution >= 0.6 is 0 Å². The van der Waals surface area contributed by atoms with Crippen LogP contribution in [0, 0.1) is 15.9 Å². The molecule has 1 amide bonds. The predicted octanol–water partition coefficient (Wildman–Crippen LogP) is 5.77. The molecule has 0 saturated carbocycles. The van der Waals surface area contributed by atoms with Gasteiger partial charge in [-0.1, -0.05) is 30.3 Å². The molecule has 6 rings (SSSR count). The molecule has 0 atom stereocenters. The molecule has 0 radical (unpaired) electrons. The van der Waals surface area contributed by atoms with E-state index in [4.69, 9.17) is 13.9 Å². The first-order valence-electron chi connectivity index (χ1n) is 13.4. The highest BCUT2D eigenvalue weighted by Gasteiger charge is 2.19. The number of nitrogens with zero attached hydrogens (tertiary/aromatic N) is 4. The summed E-state index contributed by atoms with van der Waals surface area (Å²) in [6.45, 7) is -0.545. The molecule has 0 aliphatic rings. The Bertz CT molecular complexity index is 2190. The molecule has 0 aliphatic carbocycles. The van der Waals surface area contributed by atoms with E-state index in [2.05, 4.69) is 15.4 Å². The van der Waals surface area contributed by atoms with Crippen LogP contribution in [0.25, 0.3) is 33.5 Å². The van der Waals surface area contributed by atoms with Crippen molar-refractivity contribution >= 4 is 45.4 Å². The fourth-order valence-electron chi connectivity index (χ4n) is 4.61. The molecule has 4 aromatic carbocycles. The van der Waals surface area contributed by atoms with Crippen molar-refractivity contribution in [2.24, 2.45) is 5.10 Å². The molecule has 0 bridgehead atoms. The first-order chi connectivity index (χ1) is 21.8. The minimum absolute atomic E-state index is 0.0319. The Kier molecular flexibility index (Phi) is 7.72. The molecule has 6 aromatic rings. The van der Waals surface area contributed by atoms with E-state index in [1.807, 2.05) is 0 Å². The Morgan fingerprint density at radius 1 is 1.04 bits per heavy atom. The van der Waals surface area contributed by atoms with Crippen LogP contribution in [0.2, 0.25) is 0 Å². The Morgan fingerprint density at radius 2 is 1.84 bits per heavy atom. The fraction of sp³-hybridized carbons (Fsp3) is 0.0625. The summed E-state index contributed by atoms with van der Waals surface area (Å²) in [6, 6.07) is 22.9. The molecule has 12 nitrogen and oxygen atoms in total. The predicted molar refractivity (Wildman–Crippen MR) is 164 cm³/mol. The van der Waals surface area contributed by atoms with Crippen molar-refractivity contribution in [3.05, 3.63) is 123 Å². The monoisotopic (exact) mass is 607 g/mol. The van der Waals surface area contributed by atoms with Crippen molar-refractivity contribution < 1.29 is 28.0 Å². The van der Waals surface area contributed by atoms with Crippen molar-refractivity contribution in [2.45, 2.75) is 0 Å². The van der Waals surface area contributed by atoms with E-state index in [9.17, 15) is 24.1 Å². The van der Waals surface area contributed by atoms with Crippen LogP contribution in [0.1, 0.15) is 5.56 Å². The van der Waals surface area contributed by atoms with Crippen LogP contribution in [0.15, 0.2) is 105 Å². The second kappa shape index (κ2) is 12.1. The lowest BCUT2D eigenvalue weighted by molar-refractivity contribution is -0.384. The number of amides is 1. The zero-order valence-corrected chi connectivity index (χ0v) is 23.5. The molecule has 45 heavy (non-hydrogen) atoms. The van der Waals surface area contributed by atoms with Crippen LogP contribution in [0.5, 0.6) is 11.5 Å². The summed E-state index contributed by atoms with van der Waals surface area (Å²) in [5.74, 6) is -0.413. The number of furan rings is 1. The number of nitro groups is 1. The van der Waals surface area contributed by atoms with Gasteiger partial charge in [-0.3, -0.25) is 19.7 Å². The average molecular weight is 608 g/mol. The summed E-state index contributed by atoms with van der Waals surface area (Å²) < 4.78 is 32.1. The van der Waals surface area contributed by atoms with Gasteiger partial charge in [0, 0.05) is 17.7 Å². The van der Waals surface area contributed by atoms with Gasteiger partial charge in [-0.2, -0.15) is 9.78 Å². The summed E-state index contributed by atoms with van der Waals surface area (Å²) in [7, 11) is 1.53. The maximum absolute atomic E-state index is 14.0. The zero-order valence-electron chi connectivity index (χ0n) is 23.5. The van der Waals surface area contributed by atoms with Gasteiger partial charge < -0.3 is 19.2 Å². The number of non-ortho nitro benzene ring substituents is 1. The topological polar surface area (TPSA) is 151 Å². The van der Waals surface area contributed by atoms with Gasteiger partial charge in [0.1, 0.15) is 22.9 Å². The molecule has 2 aromatic heterocycles. The SMILES string of the molecule is COc1cccc2oc(-c3nc4ccccc4c(=O)n3N=Cc3cc([N+](=O)[O-])ccc3OCC(=O)Nc3ccccc3F)cc12. The molecule has 13 heteroatoms. The van der Waals surface area contributed by atoms with E-state index in [1.165, 1.54) is 49.7 Å². The lowest BCUT2D eigenvalue weighted by Crippen LogP contribution is -2.21. The van der Waals surface area contributed by atoms with Gasteiger partial charge in [0.05, 0.1) is 40.2 Å². The van der Waals surface area contributed by atoms with Crippen molar-refractivity contribution in [1.29, 1.82) is 0 Å². The second-order valence-corrected chi connectivity index (χ2v) is 9.59. The third-order valence-electron chi connectivity index (χ3n) is 6.74. The third-order valence-corrected chi connectivity index (χ3v) is 6.74. The number of carbonyl (C=O) groups excluding carboxylic acids is 1. The Labute approximate surface area is 253 Å². The highest BCUT2D eigenvalue weighted by atomic mass is 19.1. The first kappa shape index (κ1) is 28.7. The van der Waals surface area contributed by atoms with E-state index in [0.29, 0.717) is 22.2 Å². The average Bonchev–Trinajstić information content (AvgIpc) is 3.49. The van der Waals surface area contributed by atoms with Crippen LogP contribution in [-0.2, 0) is 4.79 Å². The van der Waals surface area contributed by atoms with Crippen molar-refractivity contribution in [3.63, 3.8) is 0 Å². The Balaban J connectivity index is 1.40. The summed E-state index contributed by atoms with van der Waals surface area (Å²) in [5.41, 5.74) is 0.127. The number of nitrogens with one attached hydrogen (secondary N) is 1. The Hall–Kier alpha value is -6.37. The molecule has 224 valence electrons. The van der Waals surface area contributed by atoms with Gasteiger partial charge in [0.2, 0.25) is 5.82 Å². The quantitative estimate of drug-likeness (QED) is 0.124. The lowest BCUT2D eigenvalue weighted by Gasteiger charge is -2.11. The maximum atomic E-state index is 14.0. The van der Waals surface area contributed by atoms with Gasteiger partial charge in [-0.25, -0.2) is 9.37 Å². The largest absolute Gasteiger partial charge is 0.496 e. The first-order valence-corrected chi connectivity index (χ1v) is 13.4. The molecule has 2 heterocycles. The minimum Gasteiger partial charge on any atom is -0.496 e. The number of aromatic nitrogens is 2. The number of anilines is 1. The Morgan fingerprint density at radius 3 is 2.64 bits per heavy atom. The third kappa shape index (κ3) is 5.82. The summed E-state index contributed by atoms with van der Waals surface area (Å²) >= 11 is 0. The number of ether oxygens (including phenoxy) is 2. The normalized spacial score (nSPS) is 11.2. The molecule has 0 fully saturated rings. The van der Waals surface area contributed by atoms with E-state index >= 15 is 0 Å². The van der Waals surface area contributed by atoms with Gasteiger partial charge in [-0.05, 0) is 48.5 Å². The van der Waals surface area contributed by atoms with E-state index < -0.39 is 28.8 Å². The molecule has 0 unspecified atom stereocenters. The highest BCUT2D eigenvalue weighted by molar-refractivity contribution is 5.92. The lowest BCUT2D eigenvalue weighted by atomic mass is 10.2. The van der Waals surface area contributed by atoms with Crippen LogP contribution < -0.4 is 20.3 Å². The molecule has 0 spiro atoms. The minimum atomic E-state index is -0.668. The summed E-state index contributed by atoms with van der Waals surface area (Å²) in [4.78, 5) is 41.7. The standard InChI is InChI=1S/C32H22FN5O7/c1-43-27-11-6-12-28-22(27)16-29(45-28)31-36-24-9-4-2-7-21(24)32(40)37(31)34-17-19-15-20(38(41)42)13-14-26(19)44-18-30(39)35-25-10-5-3-8-23(25)33/h2-17H,18H2,1H3,(H,35,39). The number of hydrogen-bond donors (Lipinski definition) is 1. The number of nitro benzene ring substituents is 1. The summed E-state index contributed by atoms with van der Waals surface area (Å²) in [6.07, 6.45) is 1.18. The number of para-hydroxylation sites is 2. The molecular weight excluding hydrogens is 585 g/mol. The fourth-order valence-corrected chi connectivity index (χ4v) is 4.61. The van der Waals surface area contributed by atoms with Gasteiger partial charge >= 0.3 is 0 Å². The molecule has 0 saturated heterocycles. The number of hydrogen-bond acceptors (Lipinski definition) is 9. The van der Waals surface area contributed by atoms with E-state index in [1.54, 1.807) is 54.6 Å². The van der Waals surface area contributed by atoms with Crippen LogP contribution in [-0.4, -0.2) is 40.4 Å². The van der Waals surface area contributed by atoms with Crippen LogP contribution in [0.4, 0.5) is 15.8 Å². The van der Waals surface area contributed by atoms with E-state index in [-0.39, 0.29) is 39.7 Å². The highest BCUT2D eigenvalue weighted by Crippen LogP contribution is 2.33. The number of carbonyl (C=O) groups is 1. The number of methoxy groups -OCH3 is 1. The van der Waals surface area contributed by atoms with Crippen molar-refractivity contribution in [1.82, 2.24) is 9.66 Å². The van der Waals surface area contributed by atoms with Gasteiger partial charge in [-0.15, -0.1) is 0 Å². The maximum Gasteiger partial charge on any atom is 0.282 e.